The molecule has 0 saturated carbocycles. The second-order valence-corrected chi connectivity index (χ2v) is 6.75. The summed E-state index contributed by atoms with van der Waals surface area (Å²) in [4.78, 5) is 3.95. The summed E-state index contributed by atoms with van der Waals surface area (Å²) < 4.78 is 0. The third-order valence-corrected chi connectivity index (χ3v) is 5.84. The molecule has 0 aliphatic carbocycles. The maximum absolute atomic E-state index is 2.46. The standard InChI is InChI=1S/C14H20SSe/c1-3-10-15-14(12-16-11-4-2)13-8-6-5-7-9-13/h5-9,12H,3-4,10-11H2,1-2H3/b14-12-. The Bertz CT molecular complexity index is 306. The summed E-state index contributed by atoms with van der Waals surface area (Å²) in [5.41, 5.74) is 1.39. The van der Waals surface area contributed by atoms with E-state index in [2.05, 4.69) is 49.2 Å². The van der Waals surface area contributed by atoms with Crippen LogP contribution in [0.1, 0.15) is 32.3 Å². The van der Waals surface area contributed by atoms with E-state index in [-0.39, 0.29) is 0 Å². The third kappa shape index (κ3) is 5.25. The van der Waals surface area contributed by atoms with Crippen LogP contribution in [0.4, 0.5) is 0 Å². The Balaban J connectivity index is 2.67. The molecule has 0 unspecified atom stereocenters. The molecular formula is C14H20SSe. The normalized spacial score (nSPS) is 11.8. The molecule has 0 bridgehead atoms. The summed E-state index contributed by atoms with van der Waals surface area (Å²) in [6.07, 6.45) is 2.55. The van der Waals surface area contributed by atoms with Gasteiger partial charge in [0, 0.05) is 0 Å². The third-order valence-electron chi connectivity index (χ3n) is 2.03. The number of rotatable bonds is 7. The van der Waals surface area contributed by atoms with Gasteiger partial charge in [-0.05, 0) is 0 Å². The van der Waals surface area contributed by atoms with E-state index in [9.17, 15) is 0 Å². The zero-order valence-electron chi connectivity index (χ0n) is 10.1. The quantitative estimate of drug-likeness (QED) is 0.521. The molecule has 0 spiro atoms. The van der Waals surface area contributed by atoms with Crippen LogP contribution in [0.25, 0.3) is 4.91 Å². The molecule has 0 radical (unpaired) electrons. The molecule has 0 fully saturated rings. The summed E-state index contributed by atoms with van der Waals surface area (Å²) in [6, 6.07) is 10.8. The van der Waals surface area contributed by atoms with E-state index in [1.165, 1.54) is 34.4 Å². The van der Waals surface area contributed by atoms with Gasteiger partial charge in [-0.3, -0.25) is 0 Å². The van der Waals surface area contributed by atoms with Gasteiger partial charge in [0.2, 0.25) is 0 Å². The van der Waals surface area contributed by atoms with Crippen molar-refractivity contribution in [3.8, 4) is 0 Å². The van der Waals surface area contributed by atoms with Gasteiger partial charge in [-0.1, -0.05) is 0 Å². The molecule has 0 amide bonds. The van der Waals surface area contributed by atoms with Crippen molar-refractivity contribution in [3.05, 3.63) is 40.9 Å². The zero-order chi connectivity index (χ0) is 11.6. The van der Waals surface area contributed by atoms with E-state index in [1.54, 1.807) is 0 Å². The molecule has 0 heterocycles. The molecule has 0 N–H and O–H groups in total. The molecule has 0 aromatic heterocycles. The van der Waals surface area contributed by atoms with Crippen molar-refractivity contribution in [1.82, 2.24) is 0 Å². The molecule has 0 aliphatic rings. The summed E-state index contributed by atoms with van der Waals surface area (Å²) in [5, 5.41) is 1.36. The fraction of sp³-hybridized carbons (Fsp3) is 0.429. The minimum atomic E-state index is 0.667. The average molecular weight is 299 g/mol. The van der Waals surface area contributed by atoms with Crippen LogP contribution in [-0.2, 0) is 0 Å². The van der Waals surface area contributed by atoms with Gasteiger partial charge >= 0.3 is 110 Å². The second kappa shape index (κ2) is 8.92. The van der Waals surface area contributed by atoms with Crippen molar-refractivity contribution in [1.29, 1.82) is 0 Å². The van der Waals surface area contributed by atoms with Crippen LogP contribution in [0.5, 0.6) is 0 Å². The Labute approximate surface area is 110 Å². The molecule has 0 nitrogen and oxygen atoms in total. The van der Waals surface area contributed by atoms with Crippen molar-refractivity contribution in [2.75, 3.05) is 5.75 Å². The summed E-state index contributed by atoms with van der Waals surface area (Å²) in [6.45, 7) is 4.50. The minimum absolute atomic E-state index is 0.667. The summed E-state index contributed by atoms with van der Waals surface area (Å²) in [7, 11) is 0. The predicted molar refractivity (Wildman–Crippen MR) is 78.0 cm³/mol. The van der Waals surface area contributed by atoms with Gasteiger partial charge in [0.25, 0.3) is 0 Å². The van der Waals surface area contributed by atoms with E-state index >= 15 is 0 Å². The monoisotopic (exact) mass is 300 g/mol. The van der Waals surface area contributed by atoms with Gasteiger partial charge in [-0.2, -0.15) is 0 Å². The summed E-state index contributed by atoms with van der Waals surface area (Å²) >= 11 is 2.67. The second-order valence-electron chi connectivity index (χ2n) is 3.57. The predicted octanol–water partition coefficient (Wildman–Crippen LogP) is 4.66. The molecule has 1 rings (SSSR count). The van der Waals surface area contributed by atoms with Crippen LogP contribution >= 0.6 is 11.8 Å². The van der Waals surface area contributed by atoms with Crippen LogP contribution in [0.3, 0.4) is 0 Å². The first-order chi connectivity index (χ1) is 7.88. The van der Waals surface area contributed by atoms with Crippen molar-refractivity contribution in [3.63, 3.8) is 0 Å². The molecule has 0 aliphatic heterocycles. The molecular weight excluding hydrogens is 279 g/mol. The van der Waals surface area contributed by atoms with E-state index < -0.39 is 0 Å². The zero-order valence-corrected chi connectivity index (χ0v) is 12.6. The first-order valence-corrected chi connectivity index (χ1v) is 9.07. The number of benzene rings is 1. The van der Waals surface area contributed by atoms with Gasteiger partial charge in [-0.25, -0.2) is 0 Å². The number of thioether (sulfide) groups is 1. The Morgan fingerprint density at radius 2 is 1.94 bits per heavy atom. The fourth-order valence-electron chi connectivity index (χ4n) is 1.25. The van der Waals surface area contributed by atoms with Crippen LogP contribution in [0.15, 0.2) is 35.3 Å². The Hall–Kier alpha value is -0.171. The van der Waals surface area contributed by atoms with Crippen molar-refractivity contribution in [2.24, 2.45) is 0 Å². The maximum atomic E-state index is 2.46. The SMILES string of the molecule is CCCS/C(=C\[Se]CCC)c1ccccc1. The van der Waals surface area contributed by atoms with Gasteiger partial charge in [0.1, 0.15) is 0 Å². The first-order valence-electron chi connectivity index (χ1n) is 5.88. The molecule has 1 aromatic carbocycles. The molecule has 88 valence electrons. The average Bonchev–Trinajstić information content (AvgIpc) is 2.35. The van der Waals surface area contributed by atoms with Gasteiger partial charge in [0.15, 0.2) is 0 Å². The molecule has 1 aromatic rings. The van der Waals surface area contributed by atoms with Gasteiger partial charge in [0.05, 0.1) is 0 Å². The van der Waals surface area contributed by atoms with Crippen LogP contribution in [0.2, 0.25) is 5.32 Å². The van der Waals surface area contributed by atoms with Gasteiger partial charge in [-0.15, -0.1) is 0 Å². The van der Waals surface area contributed by atoms with Crippen LogP contribution in [0, 0.1) is 0 Å². The Kier molecular flexibility index (Phi) is 7.75. The molecule has 2 heteroatoms. The fourth-order valence-corrected chi connectivity index (χ4v) is 4.17. The van der Waals surface area contributed by atoms with Crippen LogP contribution in [-0.4, -0.2) is 20.7 Å². The van der Waals surface area contributed by atoms with Crippen molar-refractivity contribution >= 4 is 31.6 Å². The molecule has 16 heavy (non-hydrogen) atoms. The topological polar surface area (TPSA) is 0 Å². The van der Waals surface area contributed by atoms with Crippen molar-refractivity contribution < 1.29 is 0 Å². The van der Waals surface area contributed by atoms with E-state index in [4.69, 9.17) is 0 Å². The van der Waals surface area contributed by atoms with E-state index in [1.807, 2.05) is 11.8 Å². The molecule has 0 saturated heterocycles. The number of hydrogen-bond donors (Lipinski definition) is 0. The van der Waals surface area contributed by atoms with Crippen LogP contribution < -0.4 is 0 Å². The molecule has 0 atom stereocenters. The summed E-state index contributed by atoms with van der Waals surface area (Å²) in [5.74, 6) is 1.23. The Morgan fingerprint density at radius 1 is 1.19 bits per heavy atom. The van der Waals surface area contributed by atoms with E-state index in [0.29, 0.717) is 15.0 Å². The first kappa shape index (κ1) is 13.9. The van der Waals surface area contributed by atoms with E-state index in [0.717, 1.165) is 0 Å². The van der Waals surface area contributed by atoms with Gasteiger partial charge < -0.3 is 0 Å². The number of hydrogen-bond acceptors (Lipinski definition) is 1. The Morgan fingerprint density at radius 3 is 2.56 bits per heavy atom. The van der Waals surface area contributed by atoms with Crippen molar-refractivity contribution in [2.45, 2.75) is 32.0 Å².